The van der Waals surface area contributed by atoms with Gasteiger partial charge in [0.1, 0.15) is 11.4 Å². The molecule has 2 N–H and O–H groups in total. The van der Waals surface area contributed by atoms with E-state index in [1.165, 1.54) is 17.4 Å². The van der Waals surface area contributed by atoms with E-state index >= 15 is 0 Å². The Balaban J connectivity index is 2.00. The van der Waals surface area contributed by atoms with Crippen LogP contribution in [0.1, 0.15) is 56.4 Å². The molecule has 0 aliphatic carbocycles. The number of ether oxygens (including phenoxy) is 1. The highest BCUT2D eigenvalue weighted by Gasteiger charge is 2.41. The molecule has 2 aromatic rings. The van der Waals surface area contributed by atoms with Crippen LogP contribution in [0.15, 0.2) is 18.2 Å². The number of alkyl halides is 3. The molecule has 1 aliphatic heterocycles. The highest BCUT2D eigenvalue weighted by atomic mass is 32.1. The number of fused-ring (bicyclic) bond motifs is 3. The summed E-state index contributed by atoms with van der Waals surface area (Å²) >= 11 is 1.35. The third kappa shape index (κ3) is 3.47. The minimum atomic E-state index is -4.41. The van der Waals surface area contributed by atoms with Crippen LogP contribution in [0.5, 0.6) is 5.75 Å². The van der Waals surface area contributed by atoms with E-state index in [4.69, 9.17) is 10.5 Å². The molecular weight excluding hydrogens is 349 g/mol. The van der Waals surface area contributed by atoms with Gasteiger partial charge in [0.15, 0.2) is 5.13 Å². The Labute approximate surface area is 149 Å². The molecule has 0 amide bonds. The number of thiazole rings is 1. The molecule has 25 heavy (non-hydrogen) atoms. The van der Waals surface area contributed by atoms with Crippen LogP contribution < -0.4 is 10.5 Å². The van der Waals surface area contributed by atoms with Crippen molar-refractivity contribution in [3.63, 3.8) is 0 Å². The van der Waals surface area contributed by atoms with Crippen LogP contribution in [-0.2, 0) is 11.8 Å². The third-order valence-corrected chi connectivity index (χ3v) is 5.66. The van der Waals surface area contributed by atoms with Gasteiger partial charge in [0.2, 0.25) is 0 Å². The normalized spacial score (nSPS) is 19.2. The summed E-state index contributed by atoms with van der Waals surface area (Å²) in [7, 11) is 0. The summed E-state index contributed by atoms with van der Waals surface area (Å²) in [6, 6.07) is 3.55. The van der Waals surface area contributed by atoms with E-state index in [2.05, 4.69) is 11.9 Å². The first-order valence-corrected chi connectivity index (χ1v) is 9.23. The zero-order valence-corrected chi connectivity index (χ0v) is 15.1. The Kier molecular flexibility index (Phi) is 4.70. The smallest absolute Gasteiger partial charge is 0.416 e. The fourth-order valence-corrected chi connectivity index (χ4v) is 4.16. The number of hydrogen-bond acceptors (Lipinski definition) is 4. The van der Waals surface area contributed by atoms with Crippen LogP contribution in [0, 0.1) is 0 Å². The first-order valence-electron chi connectivity index (χ1n) is 8.42. The number of rotatable bonds is 5. The molecule has 0 fully saturated rings. The van der Waals surface area contributed by atoms with Gasteiger partial charge in [0, 0.05) is 5.56 Å². The highest BCUT2D eigenvalue weighted by molar-refractivity contribution is 7.16. The summed E-state index contributed by atoms with van der Waals surface area (Å²) in [5, 5.41) is 0.404. The standard InChI is InChI=1S/C18H21F3N2OS/c1-3-4-5-6-9-17(2)15-14(23-16(22)25-15)12-8-7-11(18(19,20)21)10-13(12)24-17/h7-8,10H,3-6,9H2,1-2H3,(H2,22,23). The molecule has 2 heterocycles. The number of aromatic nitrogens is 1. The minimum Gasteiger partial charge on any atom is -0.481 e. The number of halogens is 3. The van der Waals surface area contributed by atoms with E-state index in [0.29, 0.717) is 16.4 Å². The lowest BCUT2D eigenvalue weighted by atomic mass is 9.90. The average Bonchev–Trinajstić information content (AvgIpc) is 2.93. The molecule has 0 saturated heterocycles. The summed E-state index contributed by atoms with van der Waals surface area (Å²) in [5.41, 5.74) is 5.69. The molecule has 0 radical (unpaired) electrons. The fourth-order valence-electron chi connectivity index (χ4n) is 3.20. The van der Waals surface area contributed by atoms with Crippen molar-refractivity contribution in [2.45, 2.75) is 57.7 Å². The topological polar surface area (TPSA) is 48.1 Å². The highest BCUT2D eigenvalue weighted by Crippen LogP contribution is 2.51. The van der Waals surface area contributed by atoms with Gasteiger partial charge in [-0.05, 0) is 38.0 Å². The molecule has 1 unspecified atom stereocenters. The number of unbranched alkanes of at least 4 members (excludes halogenated alkanes) is 3. The third-order valence-electron chi connectivity index (χ3n) is 4.53. The second-order valence-electron chi connectivity index (χ2n) is 6.58. The first kappa shape index (κ1) is 18.0. The molecular formula is C18H21F3N2OS. The number of hydrogen-bond donors (Lipinski definition) is 1. The summed E-state index contributed by atoms with van der Waals surface area (Å²) in [5.74, 6) is 0.227. The minimum absolute atomic E-state index is 0.227. The predicted octanol–water partition coefficient (Wildman–Crippen LogP) is 5.99. The number of anilines is 1. The van der Waals surface area contributed by atoms with Gasteiger partial charge in [-0.25, -0.2) is 4.98 Å². The van der Waals surface area contributed by atoms with Gasteiger partial charge in [0.25, 0.3) is 0 Å². The molecule has 1 atom stereocenters. The lowest BCUT2D eigenvalue weighted by Gasteiger charge is -2.35. The molecule has 0 bridgehead atoms. The van der Waals surface area contributed by atoms with E-state index in [1.807, 2.05) is 6.92 Å². The monoisotopic (exact) mass is 370 g/mol. The first-order chi connectivity index (χ1) is 11.7. The molecule has 3 rings (SSSR count). The maximum atomic E-state index is 13.0. The van der Waals surface area contributed by atoms with E-state index in [1.54, 1.807) is 0 Å². The molecule has 0 spiro atoms. The number of benzene rings is 1. The Morgan fingerprint density at radius 2 is 2.00 bits per heavy atom. The number of nitrogen functional groups attached to an aromatic ring is 1. The zero-order valence-electron chi connectivity index (χ0n) is 14.2. The number of nitrogens with zero attached hydrogens (tertiary/aromatic N) is 1. The average molecular weight is 370 g/mol. The number of nitrogens with two attached hydrogens (primary N) is 1. The summed E-state index contributed by atoms with van der Waals surface area (Å²) in [6.07, 6.45) is 0.565. The Bertz CT molecular complexity index is 772. The Morgan fingerprint density at radius 1 is 1.24 bits per heavy atom. The van der Waals surface area contributed by atoms with Crippen molar-refractivity contribution in [3.8, 4) is 17.0 Å². The van der Waals surface area contributed by atoms with Gasteiger partial charge in [0.05, 0.1) is 16.1 Å². The summed E-state index contributed by atoms with van der Waals surface area (Å²) in [6.45, 7) is 4.05. The largest absolute Gasteiger partial charge is 0.481 e. The van der Waals surface area contributed by atoms with Crippen LogP contribution >= 0.6 is 11.3 Å². The van der Waals surface area contributed by atoms with Crippen molar-refractivity contribution in [1.29, 1.82) is 0 Å². The zero-order chi connectivity index (χ0) is 18.2. The van der Waals surface area contributed by atoms with E-state index in [9.17, 15) is 13.2 Å². The molecule has 7 heteroatoms. The van der Waals surface area contributed by atoms with Gasteiger partial charge >= 0.3 is 6.18 Å². The van der Waals surface area contributed by atoms with Crippen molar-refractivity contribution in [2.75, 3.05) is 5.73 Å². The van der Waals surface area contributed by atoms with Crippen molar-refractivity contribution in [3.05, 3.63) is 28.6 Å². The van der Waals surface area contributed by atoms with Crippen LogP contribution in [0.25, 0.3) is 11.3 Å². The Morgan fingerprint density at radius 3 is 2.68 bits per heavy atom. The van der Waals surface area contributed by atoms with Gasteiger partial charge < -0.3 is 10.5 Å². The van der Waals surface area contributed by atoms with Crippen LogP contribution in [-0.4, -0.2) is 4.98 Å². The molecule has 1 aliphatic rings. The van der Waals surface area contributed by atoms with E-state index in [-0.39, 0.29) is 5.75 Å². The van der Waals surface area contributed by atoms with Gasteiger partial charge in [-0.2, -0.15) is 13.2 Å². The van der Waals surface area contributed by atoms with Crippen molar-refractivity contribution < 1.29 is 17.9 Å². The maximum absolute atomic E-state index is 13.0. The predicted molar refractivity (Wildman–Crippen MR) is 93.7 cm³/mol. The summed E-state index contributed by atoms with van der Waals surface area (Å²) < 4.78 is 45.2. The van der Waals surface area contributed by atoms with E-state index < -0.39 is 17.3 Å². The molecule has 0 saturated carbocycles. The second kappa shape index (κ2) is 6.52. The van der Waals surface area contributed by atoms with E-state index in [0.717, 1.165) is 49.1 Å². The summed E-state index contributed by atoms with van der Waals surface area (Å²) in [4.78, 5) is 5.26. The lowest BCUT2D eigenvalue weighted by molar-refractivity contribution is -0.137. The molecule has 1 aromatic heterocycles. The van der Waals surface area contributed by atoms with Gasteiger partial charge in [-0.15, -0.1) is 0 Å². The Hall–Kier alpha value is -1.76. The fraction of sp³-hybridized carbons (Fsp3) is 0.500. The maximum Gasteiger partial charge on any atom is 0.416 e. The SMILES string of the molecule is CCCCCCC1(C)Oc2cc(C(F)(F)F)ccc2-c2nc(N)sc21. The van der Waals surface area contributed by atoms with Crippen LogP contribution in [0.2, 0.25) is 0 Å². The van der Waals surface area contributed by atoms with Crippen LogP contribution in [0.4, 0.5) is 18.3 Å². The lowest BCUT2D eigenvalue weighted by Crippen LogP contribution is -2.32. The molecule has 1 aromatic carbocycles. The van der Waals surface area contributed by atoms with Crippen molar-refractivity contribution in [2.24, 2.45) is 0 Å². The van der Waals surface area contributed by atoms with Gasteiger partial charge in [-0.1, -0.05) is 37.5 Å². The molecule has 3 nitrogen and oxygen atoms in total. The van der Waals surface area contributed by atoms with Crippen molar-refractivity contribution in [1.82, 2.24) is 4.98 Å². The van der Waals surface area contributed by atoms with Gasteiger partial charge in [-0.3, -0.25) is 0 Å². The quantitative estimate of drug-likeness (QED) is 0.658. The van der Waals surface area contributed by atoms with Crippen molar-refractivity contribution >= 4 is 16.5 Å². The second-order valence-corrected chi connectivity index (χ2v) is 7.61. The van der Waals surface area contributed by atoms with Crippen LogP contribution in [0.3, 0.4) is 0 Å². The molecule has 136 valence electrons.